The van der Waals surface area contributed by atoms with Crippen LogP contribution >= 0.6 is 11.8 Å². The number of hydrogen-bond acceptors (Lipinski definition) is 11. The third kappa shape index (κ3) is 44.1. The summed E-state index contributed by atoms with van der Waals surface area (Å²) in [5.74, 6) is -14.0. The highest BCUT2D eigenvalue weighted by molar-refractivity contribution is 7.99. The fraction of sp³-hybridized carbons (Fsp3) is 0.864. The molecule has 0 aromatic carbocycles. The van der Waals surface area contributed by atoms with E-state index in [1.54, 1.807) is 0 Å². The normalized spacial score (nSPS) is 13.3. The van der Waals surface area contributed by atoms with Crippen molar-refractivity contribution < 1.29 is 73.4 Å². The van der Waals surface area contributed by atoms with E-state index in [0.29, 0.717) is 12.8 Å². The highest BCUT2D eigenvalue weighted by Crippen LogP contribution is 2.29. The SMILES string of the molecule is CCCCCCCCCCCCCCCCCCOC(=O)C[C@H](NC(=O)CCCSCC(CC(CC(CC(CCC(=O)O)C(=O)O)C(=O)O)C(=O)O)C(=O)O)C(=O)OCCCCCCCCCCCCCCCCCC. The maximum atomic E-state index is 13.3. The Bertz CT molecular complexity index is 1550. The molecule has 0 bridgehead atoms. The number of ether oxygens (including phenoxy) is 2. The van der Waals surface area contributed by atoms with Crippen LogP contribution in [0.25, 0.3) is 0 Å². The van der Waals surface area contributed by atoms with Gasteiger partial charge in [0.05, 0.1) is 43.3 Å². The summed E-state index contributed by atoms with van der Waals surface area (Å²) in [4.78, 5) is 98.4. The average molecular weight is 1100 g/mol. The molecule has 6 N–H and O–H groups in total. The summed E-state index contributed by atoms with van der Waals surface area (Å²) in [6, 6.07) is -1.25. The van der Waals surface area contributed by atoms with E-state index in [-0.39, 0.29) is 50.4 Å². The third-order valence-corrected chi connectivity index (χ3v) is 15.5. The number of carboxylic acid groups (broad SMARTS) is 5. The molecule has 1 amide bonds. The Morgan fingerprint density at radius 1 is 0.408 bits per heavy atom. The van der Waals surface area contributed by atoms with Crippen LogP contribution < -0.4 is 5.32 Å². The molecule has 0 aliphatic carbocycles. The number of hydrogen-bond donors (Lipinski definition) is 6. The fourth-order valence-corrected chi connectivity index (χ4v) is 10.6. The van der Waals surface area contributed by atoms with Gasteiger partial charge in [0.15, 0.2) is 0 Å². The van der Waals surface area contributed by atoms with E-state index in [1.165, 1.54) is 154 Å². The largest absolute Gasteiger partial charge is 0.481 e. The molecule has 0 fully saturated rings. The first-order valence-corrected chi connectivity index (χ1v) is 31.1. The lowest BCUT2D eigenvalue weighted by Gasteiger charge is -2.23. The maximum Gasteiger partial charge on any atom is 0.329 e. The standard InChI is InChI=1S/C59H105NO15S/c1-3-5-7-9-11-13-15-17-19-21-23-25-27-29-31-33-39-74-54(64)45-51(59(73)75-40-34-32-30-28-26-24-22-20-18-16-14-12-10-8-6-4-2)60-52(61)36-35-41-76-46-50(58(71)72)44-49(57(69)70)43-48(56(67)68)42-47(55(65)66)37-38-53(62)63/h47-51H,3-46H2,1-2H3,(H,60,61)(H,62,63)(H,65,66)(H,67,68)(H,69,70)(H,71,72)/t47?,48?,49?,50?,51-/m0/s1. The topological polar surface area (TPSA) is 268 Å². The molecule has 0 spiro atoms. The van der Waals surface area contributed by atoms with Crippen LogP contribution in [0, 0.1) is 23.7 Å². The lowest BCUT2D eigenvalue weighted by Crippen LogP contribution is -2.43. The minimum absolute atomic E-state index is 0.0611. The Morgan fingerprint density at radius 3 is 1.12 bits per heavy atom. The lowest BCUT2D eigenvalue weighted by molar-refractivity contribution is -0.154. The van der Waals surface area contributed by atoms with Gasteiger partial charge in [-0.2, -0.15) is 11.8 Å². The summed E-state index contributed by atoms with van der Waals surface area (Å²) in [5.41, 5.74) is 0. The van der Waals surface area contributed by atoms with Gasteiger partial charge in [0.1, 0.15) is 6.04 Å². The van der Waals surface area contributed by atoms with Gasteiger partial charge in [-0.05, 0) is 50.7 Å². The molecule has 4 unspecified atom stereocenters. The number of carboxylic acids is 5. The van der Waals surface area contributed by atoms with Crippen LogP contribution in [0.15, 0.2) is 0 Å². The van der Waals surface area contributed by atoms with Crippen molar-refractivity contribution >= 4 is 59.5 Å². The molecular weight excluding hydrogens is 995 g/mol. The van der Waals surface area contributed by atoms with Gasteiger partial charge in [-0.3, -0.25) is 33.6 Å². The maximum absolute atomic E-state index is 13.3. The zero-order chi connectivity index (χ0) is 56.4. The number of carbonyl (C=O) groups excluding carboxylic acids is 3. The molecule has 0 aliphatic heterocycles. The van der Waals surface area contributed by atoms with Gasteiger partial charge < -0.3 is 40.3 Å². The molecule has 0 saturated heterocycles. The van der Waals surface area contributed by atoms with Crippen molar-refractivity contribution in [3.63, 3.8) is 0 Å². The molecule has 0 saturated carbocycles. The predicted molar refractivity (Wildman–Crippen MR) is 299 cm³/mol. The number of rotatable bonds is 57. The number of carbonyl (C=O) groups is 8. The molecule has 76 heavy (non-hydrogen) atoms. The summed E-state index contributed by atoms with van der Waals surface area (Å²) in [7, 11) is 0. The summed E-state index contributed by atoms with van der Waals surface area (Å²) >= 11 is 1.15. The van der Waals surface area contributed by atoms with E-state index in [9.17, 15) is 58.8 Å². The molecule has 0 aromatic heterocycles. The summed E-state index contributed by atoms with van der Waals surface area (Å²) in [6.45, 7) is 4.87. The summed E-state index contributed by atoms with van der Waals surface area (Å²) in [5, 5.41) is 50.7. The minimum atomic E-state index is -1.47. The highest BCUT2D eigenvalue weighted by Gasteiger charge is 2.35. The Balaban J connectivity index is 5.03. The Labute approximate surface area is 461 Å². The van der Waals surface area contributed by atoms with Crippen molar-refractivity contribution in [2.24, 2.45) is 23.7 Å². The second-order valence-corrected chi connectivity index (χ2v) is 22.4. The van der Waals surface area contributed by atoms with E-state index in [0.717, 1.165) is 50.3 Å². The van der Waals surface area contributed by atoms with Gasteiger partial charge in [0, 0.05) is 18.6 Å². The van der Waals surface area contributed by atoms with E-state index >= 15 is 0 Å². The van der Waals surface area contributed by atoms with Gasteiger partial charge in [-0.15, -0.1) is 0 Å². The van der Waals surface area contributed by atoms with E-state index in [2.05, 4.69) is 19.2 Å². The van der Waals surface area contributed by atoms with Gasteiger partial charge in [-0.1, -0.05) is 206 Å². The highest BCUT2D eigenvalue weighted by atomic mass is 32.2. The number of unbranched alkanes of at least 4 members (excludes halogenated alkanes) is 30. The predicted octanol–water partition coefficient (Wildman–Crippen LogP) is 13.8. The molecule has 0 radical (unpaired) electrons. The quantitative estimate of drug-likeness (QED) is 0.0244. The monoisotopic (exact) mass is 1100 g/mol. The van der Waals surface area contributed by atoms with Crippen molar-refractivity contribution in [1.82, 2.24) is 5.32 Å². The van der Waals surface area contributed by atoms with Crippen LogP contribution in [0.4, 0.5) is 0 Å². The van der Waals surface area contributed by atoms with Gasteiger partial charge in [-0.25, -0.2) is 4.79 Å². The number of aliphatic carboxylic acids is 5. The van der Waals surface area contributed by atoms with Crippen molar-refractivity contribution in [3.8, 4) is 0 Å². The van der Waals surface area contributed by atoms with E-state index < -0.39 is 103 Å². The molecule has 17 heteroatoms. The lowest BCUT2D eigenvalue weighted by atomic mass is 9.82. The zero-order valence-electron chi connectivity index (χ0n) is 47.2. The minimum Gasteiger partial charge on any atom is -0.481 e. The van der Waals surface area contributed by atoms with Crippen molar-refractivity contribution in [3.05, 3.63) is 0 Å². The molecule has 442 valence electrons. The molecular formula is C59H105NO15S. The number of amides is 1. The Kier molecular flexibility index (Phi) is 48.0. The van der Waals surface area contributed by atoms with Crippen molar-refractivity contribution in [2.75, 3.05) is 24.7 Å². The molecule has 0 heterocycles. The number of thioether (sulfide) groups is 1. The summed E-state index contributed by atoms with van der Waals surface area (Å²) in [6.07, 6.45) is 36.4. The first-order valence-electron chi connectivity index (χ1n) is 29.9. The van der Waals surface area contributed by atoms with Crippen LogP contribution in [-0.4, -0.2) is 104 Å². The second kappa shape index (κ2) is 50.6. The smallest absolute Gasteiger partial charge is 0.329 e. The zero-order valence-corrected chi connectivity index (χ0v) is 48.0. The third-order valence-electron chi connectivity index (χ3n) is 14.3. The Hall–Kier alpha value is -3.89. The molecule has 5 atom stereocenters. The summed E-state index contributed by atoms with van der Waals surface area (Å²) < 4.78 is 11.0. The van der Waals surface area contributed by atoms with Crippen LogP contribution in [-0.2, 0) is 47.8 Å². The first kappa shape index (κ1) is 72.1. The average Bonchev–Trinajstić information content (AvgIpc) is 3.37. The molecule has 16 nitrogen and oxygen atoms in total. The van der Waals surface area contributed by atoms with Gasteiger partial charge in [0.25, 0.3) is 0 Å². The second-order valence-electron chi connectivity index (χ2n) is 21.3. The van der Waals surface area contributed by atoms with E-state index in [4.69, 9.17) is 14.6 Å². The molecule has 0 aliphatic rings. The van der Waals surface area contributed by atoms with Crippen LogP contribution in [0.5, 0.6) is 0 Å². The van der Waals surface area contributed by atoms with Crippen LogP contribution in [0.2, 0.25) is 0 Å². The van der Waals surface area contributed by atoms with Crippen LogP contribution in [0.3, 0.4) is 0 Å². The van der Waals surface area contributed by atoms with Crippen molar-refractivity contribution in [2.45, 2.75) is 277 Å². The molecule has 0 rings (SSSR count). The fourth-order valence-electron chi connectivity index (χ4n) is 9.51. The first-order chi connectivity index (χ1) is 36.6. The Morgan fingerprint density at radius 2 is 0.750 bits per heavy atom. The number of esters is 2. The van der Waals surface area contributed by atoms with Crippen molar-refractivity contribution in [1.29, 1.82) is 0 Å². The van der Waals surface area contributed by atoms with Crippen LogP contribution in [0.1, 0.15) is 271 Å². The van der Waals surface area contributed by atoms with Gasteiger partial charge in [0.2, 0.25) is 5.91 Å². The number of nitrogens with one attached hydrogen (secondary N) is 1. The van der Waals surface area contributed by atoms with Gasteiger partial charge >= 0.3 is 41.8 Å². The molecule has 0 aromatic rings. The van der Waals surface area contributed by atoms with E-state index in [1.807, 2.05) is 0 Å².